The maximum Gasteiger partial charge on any atom is 0.270 e. The van der Waals surface area contributed by atoms with Crippen molar-refractivity contribution >= 4 is 34.8 Å². The molecule has 7 nitrogen and oxygen atoms in total. The molecule has 2 rings (SSSR count). The van der Waals surface area contributed by atoms with E-state index in [4.69, 9.17) is 0 Å². The highest BCUT2D eigenvalue weighted by atomic mass is 32.2. The van der Waals surface area contributed by atoms with Crippen molar-refractivity contribution in [3.63, 3.8) is 0 Å². The van der Waals surface area contributed by atoms with Gasteiger partial charge in [-0.3, -0.25) is 10.1 Å². The molecule has 0 aliphatic heterocycles. The number of carboxylic acids is 1. The number of non-ortho nitro benzene ring substituents is 1. The highest BCUT2D eigenvalue weighted by molar-refractivity contribution is 8.01. The smallest absolute Gasteiger partial charge is 0.270 e. The molecule has 19 heavy (non-hydrogen) atoms. The molecule has 0 spiro atoms. The van der Waals surface area contributed by atoms with E-state index in [1.165, 1.54) is 23.5 Å². The molecule has 0 atom stereocenters. The monoisotopic (exact) mass is 296 g/mol. The van der Waals surface area contributed by atoms with Crippen molar-refractivity contribution in [2.45, 2.75) is 16.2 Å². The predicted octanol–water partition coefficient (Wildman–Crippen LogP) is 1.27. The van der Waals surface area contributed by atoms with Gasteiger partial charge in [-0.15, -0.1) is 10.2 Å². The molecule has 1 aromatic heterocycles. The number of hydrogen-bond acceptors (Lipinski definition) is 8. The molecular formula is C10H6N3O4S2-. The summed E-state index contributed by atoms with van der Waals surface area (Å²) in [5.74, 6) is -1.47. The minimum Gasteiger partial charge on any atom is -0.545 e. The van der Waals surface area contributed by atoms with Gasteiger partial charge in [-0.05, 0) is 13.0 Å². The quantitative estimate of drug-likeness (QED) is 0.617. The number of aromatic nitrogens is 2. The minimum atomic E-state index is -1.47. The van der Waals surface area contributed by atoms with Gasteiger partial charge in [0.2, 0.25) is 0 Å². The van der Waals surface area contributed by atoms with Gasteiger partial charge < -0.3 is 9.90 Å². The van der Waals surface area contributed by atoms with Crippen molar-refractivity contribution in [2.24, 2.45) is 0 Å². The third-order valence-electron chi connectivity index (χ3n) is 2.10. The first-order valence-corrected chi connectivity index (χ1v) is 6.58. The van der Waals surface area contributed by atoms with Crippen LogP contribution in [-0.2, 0) is 0 Å². The van der Waals surface area contributed by atoms with Crippen LogP contribution in [0.25, 0.3) is 0 Å². The Bertz CT molecular complexity index is 656. The van der Waals surface area contributed by atoms with E-state index in [2.05, 4.69) is 10.2 Å². The summed E-state index contributed by atoms with van der Waals surface area (Å²) < 4.78 is 0.564. The lowest BCUT2D eigenvalue weighted by molar-refractivity contribution is -0.385. The molecular weight excluding hydrogens is 290 g/mol. The zero-order valence-corrected chi connectivity index (χ0v) is 11.2. The van der Waals surface area contributed by atoms with E-state index in [1.54, 1.807) is 6.92 Å². The summed E-state index contributed by atoms with van der Waals surface area (Å²) >= 11 is 2.39. The molecule has 0 aliphatic carbocycles. The van der Waals surface area contributed by atoms with Crippen molar-refractivity contribution in [2.75, 3.05) is 0 Å². The van der Waals surface area contributed by atoms with Crippen LogP contribution < -0.4 is 5.11 Å². The molecule has 1 heterocycles. The van der Waals surface area contributed by atoms with Crippen LogP contribution in [0.5, 0.6) is 0 Å². The lowest BCUT2D eigenvalue weighted by atomic mass is 10.2. The van der Waals surface area contributed by atoms with Gasteiger partial charge in [0.05, 0.1) is 10.9 Å². The normalized spacial score (nSPS) is 10.4. The number of carbonyl (C=O) groups is 1. The molecule has 0 fully saturated rings. The first-order chi connectivity index (χ1) is 8.97. The lowest BCUT2D eigenvalue weighted by Gasteiger charge is -2.07. The Morgan fingerprint density at radius 3 is 2.68 bits per heavy atom. The molecule has 0 aliphatic rings. The summed E-state index contributed by atoms with van der Waals surface area (Å²) in [5, 5.41) is 30.0. The van der Waals surface area contributed by atoms with Crippen LogP contribution >= 0.6 is 23.1 Å². The molecule has 0 saturated heterocycles. The second-order valence-electron chi connectivity index (χ2n) is 3.41. The molecule has 9 heteroatoms. The molecule has 2 aromatic rings. The van der Waals surface area contributed by atoms with E-state index in [9.17, 15) is 20.0 Å². The van der Waals surface area contributed by atoms with E-state index in [-0.39, 0.29) is 11.3 Å². The Kier molecular flexibility index (Phi) is 3.76. The van der Waals surface area contributed by atoms with Gasteiger partial charge in [-0.25, -0.2) is 0 Å². The Morgan fingerprint density at radius 2 is 2.16 bits per heavy atom. The summed E-state index contributed by atoms with van der Waals surface area (Å²) in [4.78, 5) is 21.3. The van der Waals surface area contributed by atoms with E-state index in [1.807, 2.05) is 0 Å². The van der Waals surface area contributed by atoms with Gasteiger partial charge in [0, 0.05) is 22.6 Å². The van der Waals surface area contributed by atoms with Crippen LogP contribution in [0.15, 0.2) is 27.4 Å². The second kappa shape index (κ2) is 5.33. The average Bonchev–Trinajstić information content (AvgIpc) is 2.74. The number of hydrogen-bond donors (Lipinski definition) is 0. The molecule has 0 N–H and O–H groups in total. The number of aryl methyl sites for hydroxylation is 1. The van der Waals surface area contributed by atoms with Crippen LogP contribution in [0.3, 0.4) is 0 Å². The maximum absolute atomic E-state index is 11.0. The largest absolute Gasteiger partial charge is 0.545 e. The number of nitrogens with zero attached hydrogens (tertiary/aromatic N) is 3. The zero-order chi connectivity index (χ0) is 14.0. The number of carboxylic acid groups (broad SMARTS) is 1. The molecule has 0 radical (unpaired) electrons. The Labute approximate surface area is 115 Å². The Balaban J connectivity index is 2.39. The number of rotatable bonds is 4. The third-order valence-corrected chi connectivity index (χ3v) is 4.06. The van der Waals surface area contributed by atoms with Gasteiger partial charge in [0.15, 0.2) is 4.34 Å². The minimum absolute atomic E-state index is 0.230. The molecule has 0 bridgehead atoms. The summed E-state index contributed by atoms with van der Waals surface area (Å²) in [5.41, 5.74) is -0.524. The SMILES string of the molecule is Cc1nnc(Sc2ccc([N+](=O)[O-])cc2C(=O)[O-])s1. The van der Waals surface area contributed by atoms with E-state index < -0.39 is 10.9 Å². The lowest BCUT2D eigenvalue weighted by Crippen LogP contribution is -2.23. The van der Waals surface area contributed by atoms with Crippen LogP contribution in [0.4, 0.5) is 5.69 Å². The number of nitro benzene ring substituents is 1. The third kappa shape index (κ3) is 3.06. The Hall–Kier alpha value is -2.00. The van der Waals surface area contributed by atoms with Crippen molar-refractivity contribution in [1.82, 2.24) is 10.2 Å². The van der Waals surface area contributed by atoms with Gasteiger partial charge in [-0.1, -0.05) is 23.1 Å². The zero-order valence-electron chi connectivity index (χ0n) is 9.52. The molecule has 0 saturated carbocycles. The summed E-state index contributed by atoms with van der Waals surface area (Å²) in [7, 11) is 0. The number of benzene rings is 1. The van der Waals surface area contributed by atoms with Crippen LogP contribution in [-0.4, -0.2) is 21.1 Å². The van der Waals surface area contributed by atoms with Crippen molar-refractivity contribution < 1.29 is 14.8 Å². The van der Waals surface area contributed by atoms with Crippen LogP contribution in [0.1, 0.15) is 15.4 Å². The molecule has 0 unspecified atom stereocenters. The summed E-state index contributed by atoms with van der Waals surface area (Å²) in [6.45, 7) is 1.78. The van der Waals surface area contributed by atoms with Crippen LogP contribution in [0.2, 0.25) is 0 Å². The average molecular weight is 296 g/mol. The van der Waals surface area contributed by atoms with Gasteiger partial charge >= 0.3 is 0 Å². The van der Waals surface area contributed by atoms with Gasteiger partial charge in [0.1, 0.15) is 5.01 Å². The van der Waals surface area contributed by atoms with E-state index >= 15 is 0 Å². The number of aromatic carboxylic acids is 1. The maximum atomic E-state index is 11.0. The highest BCUT2D eigenvalue weighted by Gasteiger charge is 2.14. The van der Waals surface area contributed by atoms with E-state index in [0.29, 0.717) is 9.24 Å². The van der Waals surface area contributed by atoms with Crippen molar-refractivity contribution in [3.05, 3.63) is 38.9 Å². The molecule has 1 aromatic carbocycles. The standard InChI is InChI=1S/C10H7N3O4S2/c1-5-11-12-10(18-5)19-8-3-2-6(13(16)17)4-7(8)9(14)15/h2-4H,1H3,(H,14,15)/p-1. The molecule has 98 valence electrons. The first-order valence-electron chi connectivity index (χ1n) is 4.95. The number of carbonyl (C=O) groups excluding carboxylic acids is 1. The topological polar surface area (TPSA) is 109 Å². The fourth-order valence-corrected chi connectivity index (χ4v) is 3.17. The number of nitro groups is 1. The molecule has 0 amide bonds. The predicted molar refractivity (Wildman–Crippen MR) is 66.2 cm³/mol. The fraction of sp³-hybridized carbons (Fsp3) is 0.100. The van der Waals surface area contributed by atoms with Gasteiger partial charge in [0.25, 0.3) is 5.69 Å². The fourth-order valence-electron chi connectivity index (χ4n) is 1.29. The van der Waals surface area contributed by atoms with Gasteiger partial charge in [-0.2, -0.15) is 0 Å². The summed E-state index contributed by atoms with van der Waals surface area (Å²) in [6.07, 6.45) is 0. The van der Waals surface area contributed by atoms with Crippen molar-refractivity contribution in [3.8, 4) is 0 Å². The summed E-state index contributed by atoms with van der Waals surface area (Å²) in [6, 6.07) is 3.58. The van der Waals surface area contributed by atoms with Crippen LogP contribution in [0, 0.1) is 17.0 Å². The van der Waals surface area contributed by atoms with E-state index in [0.717, 1.165) is 22.8 Å². The second-order valence-corrected chi connectivity index (χ2v) is 5.88. The Morgan fingerprint density at radius 1 is 1.42 bits per heavy atom. The first kappa shape index (κ1) is 13.4. The van der Waals surface area contributed by atoms with Crippen molar-refractivity contribution in [1.29, 1.82) is 0 Å². The highest BCUT2D eigenvalue weighted by Crippen LogP contribution is 2.33.